The smallest absolute Gasteiger partial charge is 0.229 e. The van der Waals surface area contributed by atoms with Crippen LogP contribution in [0, 0.1) is 19.7 Å². The first kappa shape index (κ1) is 23.6. The molecule has 0 fully saturated rings. The number of hydrogen-bond donors (Lipinski definition) is 4. The van der Waals surface area contributed by atoms with Crippen molar-refractivity contribution in [3.8, 4) is 0 Å². The molecule has 0 saturated heterocycles. The van der Waals surface area contributed by atoms with Gasteiger partial charge in [-0.15, -0.1) is 0 Å². The fraction of sp³-hybridized carbons (Fsp3) is 0.167. The van der Waals surface area contributed by atoms with Crippen molar-refractivity contribution in [1.82, 2.24) is 20.3 Å². The average molecular weight is 496 g/mol. The van der Waals surface area contributed by atoms with Gasteiger partial charge in [0.05, 0.1) is 0 Å². The van der Waals surface area contributed by atoms with Crippen LogP contribution < -0.4 is 16.0 Å². The Balaban J connectivity index is 1.50. The number of anilines is 2. The maximum Gasteiger partial charge on any atom is 0.229 e. The second kappa shape index (κ2) is 10.6. The minimum atomic E-state index is -0.320. The molecule has 2 heterocycles. The van der Waals surface area contributed by atoms with Crippen molar-refractivity contribution in [3.63, 3.8) is 0 Å². The van der Waals surface area contributed by atoms with Gasteiger partial charge in [-0.3, -0.25) is 10.3 Å². The van der Waals surface area contributed by atoms with Crippen molar-refractivity contribution in [2.75, 3.05) is 17.2 Å². The summed E-state index contributed by atoms with van der Waals surface area (Å²) in [5.74, 6) is 0.480. The molecule has 0 bridgehead atoms. The fourth-order valence-electron chi connectivity index (χ4n) is 3.45. The van der Waals surface area contributed by atoms with Gasteiger partial charge in [0.2, 0.25) is 11.9 Å². The number of halogens is 2. The lowest BCUT2D eigenvalue weighted by atomic mass is 10.1. The summed E-state index contributed by atoms with van der Waals surface area (Å²) in [6.45, 7) is 4.26. The molecule has 2 aromatic heterocycles. The molecule has 0 aliphatic heterocycles. The minimum absolute atomic E-state index is 0.293. The first-order chi connectivity index (χ1) is 16.4. The normalized spacial score (nSPS) is 11.5. The highest BCUT2D eigenvalue weighted by Gasteiger charge is 2.09. The zero-order valence-corrected chi connectivity index (χ0v) is 20.2. The van der Waals surface area contributed by atoms with Crippen molar-refractivity contribution in [2.24, 2.45) is 4.99 Å². The van der Waals surface area contributed by atoms with Crippen molar-refractivity contribution < 1.29 is 4.39 Å². The molecule has 34 heavy (non-hydrogen) atoms. The van der Waals surface area contributed by atoms with Gasteiger partial charge in [0.15, 0.2) is 5.11 Å². The standard InChI is InChI=1S/C24H23ClFN7S/c1-14-11-15(2)30-23(29-14)32-22(33-24(34)31-19-6-4-18(26)5-7-19)27-10-9-16-13-28-21-8-3-17(25)12-20(16)21/h3-8,11-13,28H,9-10H2,1-2H3,(H3,27,29,30,31,32,33,34). The molecule has 0 radical (unpaired) electrons. The van der Waals surface area contributed by atoms with Crippen LogP contribution in [0.1, 0.15) is 17.0 Å². The number of benzene rings is 2. The molecule has 4 N–H and O–H groups in total. The van der Waals surface area contributed by atoms with Crippen LogP contribution >= 0.6 is 23.8 Å². The summed E-state index contributed by atoms with van der Waals surface area (Å²) in [5.41, 5.74) is 4.44. The first-order valence-corrected chi connectivity index (χ1v) is 11.4. The Hall–Kier alpha value is -3.56. The number of aromatic amines is 1. The van der Waals surface area contributed by atoms with E-state index in [0.717, 1.165) is 27.9 Å². The molecule has 0 aliphatic rings. The second-order valence-corrected chi connectivity index (χ2v) is 8.51. The molecule has 174 valence electrons. The van der Waals surface area contributed by atoms with E-state index >= 15 is 0 Å². The van der Waals surface area contributed by atoms with Crippen LogP contribution in [0.2, 0.25) is 5.02 Å². The van der Waals surface area contributed by atoms with Crippen LogP contribution in [0.3, 0.4) is 0 Å². The summed E-state index contributed by atoms with van der Waals surface area (Å²) in [4.78, 5) is 16.7. The predicted molar refractivity (Wildman–Crippen MR) is 140 cm³/mol. The van der Waals surface area contributed by atoms with Gasteiger partial charge in [0, 0.05) is 45.7 Å². The molecule has 2 aromatic carbocycles. The summed E-state index contributed by atoms with van der Waals surface area (Å²) < 4.78 is 13.2. The van der Waals surface area contributed by atoms with E-state index in [1.54, 1.807) is 12.1 Å². The number of aromatic nitrogens is 3. The summed E-state index contributed by atoms with van der Waals surface area (Å²) in [6.07, 6.45) is 2.64. The monoisotopic (exact) mass is 495 g/mol. The minimum Gasteiger partial charge on any atom is -0.361 e. The highest BCUT2D eigenvalue weighted by atomic mass is 35.5. The van der Waals surface area contributed by atoms with Crippen LogP contribution in [0.5, 0.6) is 0 Å². The van der Waals surface area contributed by atoms with Crippen molar-refractivity contribution in [1.29, 1.82) is 0 Å². The Kier molecular flexibility index (Phi) is 7.34. The van der Waals surface area contributed by atoms with Gasteiger partial charge < -0.3 is 15.6 Å². The summed E-state index contributed by atoms with van der Waals surface area (Å²) in [5, 5.41) is 11.2. The number of nitrogens with one attached hydrogen (secondary N) is 4. The van der Waals surface area contributed by atoms with Crippen molar-refractivity contribution >= 4 is 57.4 Å². The zero-order valence-electron chi connectivity index (χ0n) is 18.6. The van der Waals surface area contributed by atoms with Gasteiger partial charge in [-0.25, -0.2) is 14.4 Å². The van der Waals surface area contributed by atoms with Gasteiger partial charge in [0.25, 0.3) is 0 Å². The quantitative estimate of drug-likeness (QED) is 0.169. The van der Waals surface area contributed by atoms with E-state index in [0.29, 0.717) is 40.7 Å². The number of fused-ring (bicyclic) bond motifs is 1. The zero-order chi connectivity index (χ0) is 24.1. The van der Waals surface area contributed by atoms with Gasteiger partial charge >= 0.3 is 0 Å². The third kappa shape index (κ3) is 6.27. The van der Waals surface area contributed by atoms with Crippen molar-refractivity contribution in [2.45, 2.75) is 20.3 Å². The third-order valence-electron chi connectivity index (χ3n) is 4.93. The molecule has 0 aliphatic carbocycles. The highest BCUT2D eigenvalue weighted by molar-refractivity contribution is 7.80. The Bertz CT molecular complexity index is 1330. The Morgan fingerprint density at radius 1 is 1.06 bits per heavy atom. The lowest BCUT2D eigenvalue weighted by molar-refractivity contribution is 0.628. The van der Waals surface area contributed by atoms with Crippen LogP contribution in [0.25, 0.3) is 10.9 Å². The van der Waals surface area contributed by atoms with E-state index in [-0.39, 0.29) is 5.82 Å². The predicted octanol–water partition coefficient (Wildman–Crippen LogP) is 5.36. The molecular weight excluding hydrogens is 473 g/mol. The maximum absolute atomic E-state index is 13.2. The second-order valence-electron chi connectivity index (χ2n) is 7.67. The highest BCUT2D eigenvalue weighted by Crippen LogP contribution is 2.22. The van der Waals surface area contributed by atoms with Crippen LogP contribution in [-0.4, -0.2) is 32.6 Å². The Morgan fingerprint density at radius 3 is 2.53 bits per heavy atom. The summed E-state index contributed by atoms with van der Waals surface area (Å²) in [6, 6.07) is 13.5. The SMILES string of the molecule is Cc1cc(C)nc(NC(=NCCc2c[nH]c3ccc(Cl)cc23)NC(=S)Nc2ccc(F)cc2)n1. The number of aliphatic imine (C=N–C) groups is 1. The van der Waals surface area contributed by atoms with E-state index < -0.39 is 0 Å². The van der Waals surface area contributed by atoms with Gasteiger partial charge in [-0.05, 0) is 86.6 Å². The molecular formula is C24H23ClFN7S. The number of thiocarbonyl (C=S) groups is 1. The number of aryl methyl sites for hydroxylation is 2. The molecule has 0 atom stereocenters. The molecule has 0 amide bonds. The Labute approximate surface area is 206 Å². The Morgan fingerprint density at radius 2 is 1.79 bits per heavy atom. The topological polar surface area (TPSA) is 90.0 Å². The largest absolute Gasteiger partial charge is 0.361 e. The average Bonchev–Trinajstić information content (AvgIpc) is 3.16. The van der Waals surface area contributed by atoms with Gasteiger partial charge in [-0.2, -0.15) is 0 Å². The number of guanidine groups is 1. The number of nitrogens with zero attached hydrogens (tertiary/aromatic N) is 3. The number of H-pyrrole nitrogens is 1. The maximum atomic E-state index is 13.2. The molecule has 0 spiro atoms. The summed E-state index contributed by atoms with van der Waals surface area (Å²) in [7, 11) is 0. The number of rotatable bonds is 5. The molecule has 4 rings (SSSR count). The molecule has 0 saturated carbocycles. The van der Waals surface area contributed by atoms with Crippen LogP contribution in [0.4, 0.5) is 16.0 Å². The fourth-order valence-corrected chi connectivity index (χ4v) is 3.83. The molecule has 4 aromatic rings. The summed E-state index contributed by atoms with van der Waals surface area (Å²) >= 11 is 11.6. The van der Waals surface area contributed by atoms with Crippen molar-refractivity contribution in [3.05, 3.63) is 82.5 Å². The lowest BCUT2D eigenvalue weighted by Gasteiger charge is -2.14. The molecule has 10 heteroatoms. The first-order valence-electron chi connectivity index (χ1n) is 10.6. The lowest BCUT2D eigenvalue weighted by Crippen LogP contribution is -2.39. The van der Waals surface area contributed by atoms with Crippen LogP contribution in [-0.2, 0) is 6.42 Å². The van der Waals surface area contributed by atoms with E-state index in [2.05, 4.69) is 35.9 Å². The van der Waals surface area contributed by atoms with Crippen LogP contribution in [0.15, 0.2) is 59.7 Å². The molecule has 0 unspecified atom stereocenters. The van der Waals surface area contributed by atoms with E-state index in [1.165, 1.54) is 12.1 Å². The van der Waals surface area contributed by atoms with Gasteiger partial charge in [0.1, 0.15) is 5.82 Å². The third-order valence-corrected chi connectivity index (χ3v) is 5.37. The molecule has 7 nitrogen and oxygen atoms in total. The van der Waals surface area contributed by atoms with E-state index in [9.17, 15) is 4.39 Å². The van der Waals surface area contributed by atoms with E-state index in [1.807, 2.05) is 44.3 Å². The van der Waals surface area contributed by atoms with Gasteiger partial charge in [-0.1, -0.05) is 11.6 Å². The number of hydrogen-bond acceptors (Lipinski definition) is 4. The van der Waals surface area contributed by atoms with E-state index in [4.69, 9.17) is 23.8 Å².